The van der Waals surface area contributed by atoms with Gasteiger partial charge in [-0.3, -0.25) is 0 Å². The summed E-state index contributed by atoms with van der Waals surface area (Å²) in [6, 6.07) is 10.6. The molecule has 0 radical (unpaired) electrons. The molecule has 1 aromatic heterocycles. The molecule has 80 valence electrons. The van der Waals surface area contributed by atoms with Crippen molar-refractivity contribution in [3.63, 3.8) is 0 Å². The zero-order valence-electron chi connectivity index (χ0n) is 7.93. The van der Waals surface area contributed by atoms with Crippen molar-refractivity contribution in [3.8, 4) is 0 Å². The summed E-state index contributed by atoms with van der Waals surface area (Å²) in [5.74, 6) is 0. The van der Waals surface area contributed by atoms with E-state index in [1.165, 1.54) is 21.5 Å². The standard InChI is InChI=1S/C12H5I3O/c13-6-1-2-11-8(3-6)9-4-7(14)5-10(15)12(9)16-11/h1-5H. The lowest BCUT2D eigenvalue weighted by molar-refractivity contribution is 0.666. The molecule has 0 saturated carbocycles. The maximum absolute atomic E-state index is 5.88. The van der Waals surface area contributed by atoms with E-state index in [0.717, 1.165) is 11.2 Å². The normalized spacial score (nSPS) is 11.4. The lowest BCUT2D eigenvalue weighted by Gasteiger charge is -1.94. The van der Waals surface area contributed by atoms with Crippen LogP contribution in [-0.2, 0) is 0 Å². The quantitative estimate of drug-likeness (QED) is 0.345. The van der Waals surface area contributed by atoms with Gasteiger partial charge in [-0.05, 0) is 98.1 Å². The Labute approximate surface area is 133 Å². The van der Waals surface area contributed by atoms with Crippen LogP contribution < -0.4 is 0 Å². The molecule has 2 aromatic carbocycles. The molecule has 3 aromatic rings. The number of rotatable bonds is 0. The van der Waals surface area contributed by atoms with E-state index in [1.54, 1.807) is 0 Å². The molecule has 0 atom stereocenters. The van der Waals surface area contributed by atoms with E-state index in [9.17, 15) is 0 Å². The van der Waals surface area contributed by atoms with Crippen LogP contribution in [0.2, 0.25) is 0 Å². The highest BCUT2D eigenvalue weighted by Crippen LogP contribution is 2.33. The molecule has 0 fully saturated rings. The van der Waals surface area contributed by atoms with Gasteiger partial charge in [0.15, 0.2) is 0 Å². The van der Waals surface area contributed by atoms with Gasteiger partial charge < -0.3 is 4.42 Å². The monoisotopic (exact) mass is 546 g/mol. The third-order valence-electron chi connectivity index (χ3n) is 2.45. The molecule has 0 unspecified atom stereocenters. The predicted molar refractivity (Wildman–Crippen MR) is 91.9 cm³/mol. The molecule has 16 heavy (non-hydrogen) atoms. The Balaban J connectivity index is 2.57. The maximum atomic E-state index is 5.88. The summed E-state index contributed by atoms with van der Waals surface area (Å²) in [7, 11) is 0. The fourth-order valence-corrected chi connectivity index (χ4v) is 4.22. The first kappa shape index (κ1) is 11.5. The summed E-state index contributed by atoms with van der Waals surface area (Å²) >= 11 is 7.00. The molecular formula is C12H5I3O. The predicted octanol–water partition coefficient (Wildman–Crippen LogP) is 5.40. The molecule has 0 aliphatic rings. The van der Waals surface area contributed by atoms with Crippen LogP contribution in [0.25, 0.3) is 21.9 Å². The molecule has 0 spiro atoms. The molecule has 3 rings (SSSR count). The van der Waals surface area contributed by atoms with Crippen molar-refractivity contribution < 1.29 is 4.42 Å². The fourth-order valence-electron chi connectivity index (χ4n) is 1.78. The van der Waals surface area contributed by atoms with E-state index in [1.807, 2.05) is 6.07 Å². The molecule has 1 heterocycles. The van der Waals surface area contributed by atoms with E-state index in [4.69, 9.17) is 4.42 Å². The van der Waals surface area contributed by atoms with Crippen molar-refractivity contribution >= 4 is 89.7 Å². The Bertz CT molecular complexity index is 700. The summed E-state index contributed by atoms with van der Waals surface area (Å²) < 4.78 is 9.53. The van der Waals surface area contributed by atoms with Gasteiger partial charge in [0, 0.05) is 17.9 Å². The average Bonchev–Trinajstić information content (AvgIpc) is 2.57. The van der Waals surface area contributed by atoms with Crippen LogP contribution in [0.15, 0.2) is 34.7 Å². The molecular weight excluding hydrogens is 541 g/mol. The number of halogens is 3. The van der Waals surface area contributed by atoms with Gasteiger partial charge in [-0.2, -0.15) is 0 Å². The Kier molecular flexibility index (Phi) is 3.07. The molecule has 0 N–H and O–H groups in total. The van der Waals surface area contributed by atoms with E-state index >= 15 is 0 Å². The second kappa shape index (κ2) is 4.27. The van der Waals surface area contributed by atoms with Gasteiger partial charge in [-0.15, -0.1) is 0 Å². The zero-order chi connectivity index (χ0) is 11.3. The average molecular weight is 546 g/mol. The van der Waals surface area contributed by atoms with Crippen molar-refractivity contribution in [2.24, 2.45) is 0 Å². The minimum absolute atomic E-state index is 0.968. The van der Waals surface area contributed by atoms with E-state index in [0.29, 0.717) is 0 Å². The highest BCUT2D eigenvalue weighted by molar-refractivity contribution is 14.1. The smallest absolute Gasteiger partial charge is 0.148 e. The second-order valence-electron chi connectivity index (χ2n) is 3.51. The van der Waals surface area contributed by atoms with Crippen molar-refractivity contribution in [2.45, 2.75) is 0 Å². The summed E-state index contributed by atoms with van der Waals surface area (Å²) in [6.45, 7) is 0. The fraction of sp³-hybridized carbons (Fsp3) is 0. The summed E-state index contributed by atoms with van der Waals surface area (Å²) in [4.78, 5) is 0. The van der Waals surface area contributed by atoms with Crippen molar-refractivity contribution in [1.82, 2.24) is 0 Å². The second-order valence-corrected chi connectivity index (χ2v) is 7.16. The number of furan rings is 1. The third-order valence-corrected chi connectivity index (χ3v) is 4.55. The minimum atomic E-state index is 0.968. The van der Waals surface area contributed by atoms with Crippen molar-refractivity contribution in [2.75, 3.05) is 0 Å². The topological polar surface area (TPSA) is 13.1 Å². The van der Waals surface area contributed by atoms with Crippen LogP contribution in [0.1, 0.15) is 0 Å². The van der Waals surface area contributed by atoms with E-state index in [-0.39, 0.29) is 0 Å². The summed E-state index contributed by atoms with van der Waals surface area (Å²) in [5.41, 5.74) is 1.97. The Hall–Kier alpha value is 0.430. The molecule has 4 heteroatoms. The molecule has 0 amide bonds. The third kappa shape index (κ3) is 1.86. The van der Waals surface area contributed by atoms with Gasteiger partial charge in [0.25, 0.3) is 0 Å². The zero-order valence-corrected chi connectivity index (χ0v) is 14.4. The maximum Gasteiger partial charge on any atom is 0.148 e. The molecule has 0 aliphatic heterocycles. The van der Waals surface area contributed by atoms with Crippen molar-refractivity contribution in [3.05, 3.63) is 41.0 Å². The highest BCUT2D eigenvalue weighted by Gasteiger charge is 2.10. The van der Waals surface area contributed by atoms with Gasteiger partial charge in [-0.25, -0.2) is 0 Å². The van der Waals surface area contributed by atoms with Crippen LogP contribution >= 0.6 is 67.8 Å². The number of hydrogen-bond acceptors (Lipinski definition) is 1. The summed E-state index contributed by atoms with van der Waals surface area (Å²) in [6.07, 6.45) is 0. The first-order valence-electron chi connectivity index (χ1n) is 4.62. The van der Waals surface area contributed by atoms with Gasteiger partial charge in [-0.1, -0.05) is 0 Å². The van der Waals surface area contributed by atoms with Gasteiger partial charge >= 0.3 is 0 Å². The first-order chi connectivity index (χ1) is 7.65. The van der Waals surface area contributed by atoms with Crippen LogP contribution in [0, 0.1) is 10.7 Å². The molecule has 1 nitrogen and oxygen atoms in total. The number of fused-ring (bicyclic) bond motifs is 3. The minimum Gasteiger partial charge on any atom is -0.455 e. The molecule has 0 aliphatic carbocycles. The lowest BCUT2D eigenvalue weighted by atomic mass is 10.2. The van der Waals surface area contributed by atoms with Crippen LogP contribution in [0.3, 0.4) is 0 Å². The largest absolute Gasteiger partial charge is 0.455 e. The van der Waals surface area contributed by atoms with Crippen LogP contribution in [-0.4, -0.2) is 0 Å². The van der Waals surface area contributed by atoms with Crippen LogP contribution in [0.4, 0.5) is 0 Å². The van der Waals surface area contributed by atoms with Gasteiger partial charge in [0.05, 0.1) is 3.57 Å². The lowest BCUT2D eigenvalue weighted by Crippen LogP contribution is -1.76. The van der Waals surface area contributed by atoms with E-state index < -0.39 is 0 Å². The number of hydrogen-bond donors (Lipinski definition) is 0. The first-order valence-corrected chi connectivity index (χ1v) is 7.85. The Morgan fingerprint density at radius 1 is 0.812 bits per heavy atom. The van der Waals surface area contributed by atoms with Crippen LogP contribution in [0.5, 0.6) is 0 Å². The molecule has 0 bridgehead atoms. The highest BCUT2D eigenvalue weighted by atomic mass is 127. The SMILES string of the molecule is Ic1ccc2oc3c(I)cc(I)cc3c2c1. The number of benzene rings is 2. The van der Waals surface area contributed by atoms with Crippen molar-refractivity contribution in [1.29, 1.82) is 0 Å². The van der Waals surface area contributed by atoms with Gasteiger partial charge in [0.1, 0.15) is 11.2 Å². The Morgan fingerprint density at radius 3 is 2.38 bits per heavy atom. The summed E-state index contributed by atoms with van der Waals surface area (Å²) in [5, 5.41) is 2.42. The Morgan fingerprint density at radius 2 is 1.56 bits per heavy atom. The van der Waals surface area contributed by atoms with E-state index in [2.05, 4.69) is 92.0 Å². The van der Waals surface area contributed by atoms with Gasteiger partial charge in [0.2, 0.25) is 0 Å². The molecule has 0 saturated heterocycles.